The second-order valence-electron chi connectivity index (χ2n) is 5.44. The van der Waals surface area contributed by atoms with Gasteiger partial charge in [0.15, 0.2) is 0 Å². The lowest BCUT2D eigenvalue weighted by Gasteiger charge is -2.13. The Kier molecular flexibility index (Phi) is 3.13. The monoisotopic (exact) mass is 241 g/mol. The van der Waals surface area contributed by atoms with E-state index in [4.69, 9.17) is 0 Å². The van der Waals surface area contributed by atoms with Crippen molar-refractivity contribution in [1.82, 2.24) is 10.2 Å². The molecule has 1 heterocycles. The Labute approximate surface area is 108 Å². The molecule has 3 nitrogen and oxygen atoms in total. The van der Waals surface area contributed by atoms with E-state index in [-0.39, 0.29) is 0 Å². The number of hydrogen-bond acceptors (Lipinski definition) is 3. The maximum absolute atomic E-state index is 4.14. The molecule has 2 aromatic rings. The quantitative estimate of drug-likeness (QED) is 0.894. The first-order valence-electron chi connectivity index (χ1n) is 6.77. The molecule has 94 valence electrons. The molecule has 1 aliphatic rings. The number of nitrogens with one attached hydrogen (secondary N) is 1. The van der Waals surface area contributed by atoms with Crippen LogP contribution in [0.15, 0.2) is 30.5 Å². The molecule has 0 aliphatic heterocycles. The molecule has 18 heavy (non-hydrogen) atoms. The van der Waals surface area contributed by atoms with Gasteiger partial charge in [-0.25, -0.2) is 0 Å². The zero-order chi connectivity index (χ0) is 12.4. The molecule has 1 fully saturated rings. The van der Waals surface area contributed by atoms with Crippen LogP contribution in [0.1, 0.15) is 26.2 Å². The molecular weight excluding hydrogens is 222 g/mol. The third-order valence-corrected chi connectivity index (χ3v) is 3.93. The minimum absolute atomic E-state index is 0.812. The first-order chi connectivity index (χ1) is 8.83. The van der Waals surface area contributed by atoms with Gasteiger partial charge < -0.3 is 5.32 Å². The number of benzene rings is 1. The Morgan fingerprint density at radius 2 is 2.17 bits per heavy atom. The Morgan fingerprint density at radius 1 is 1.28 bits per heavy atom. The van der Waals surface area contributed by atoms with Crippen LogP contribution in [0.5, 0.6) is 0 Å². The lowest BCUT2D eigenvalue weighted by molar-refractivity contribution is 0.537. The van der Waals surface area contributed by atoms with Crippen LogP contribution in [0.4, 0.5) is 5.69 Å². The second kappa shape index (κ2) is 4.92. The Hall–Kier alpha value is -1.64. The Bertz CT molecular complexity index is 533. The van der Waals surface area contributed by atoms with Gasteiger partial charge in [0.2, 0.25) is 0 Å². The average molecular weight is 241 g/mol. The van der Waals surface area contributed by atoms with Crippen molar-refractivity contribution < 1.29 is 0 Å². The van der Waals surface area contributed by atoms with Gasteiger partial charge in [-0.05, 0) is 30.7 Å². The van der Waals surface area contributed by atoms with E-state index in [0.29, 0.717) is 0 Å². The largest absolute Gasteiger partial charge is 0.383 e. The standard InChI is InChI=1S/C15H19N3/c1-11-6-7-12(8-11)9-16-15-10-17-18-14-5-3-2-4-13(14)15/h2-5,10-12H,6-9H2,1H3,(H,16,18). The molecule has 3 heteroatoms. The fourth-order valence-corrected chi connectivity index (χ4v) is 2.91. The molecular formula is C15H19N3. The second-order valence-corrected chi connectivity index (χ2v) is 5.44. The van der Waals surface area contributed by atoms with Gasteiger partial charge in [-0.2, -0.15) is 10.2 Å². The normalized spacial score (nSPS) is 23.4. The molecule has 0 amide bonds. The summed E-state index contributed by atoms with van der Waals surface area (Å²) in [4.78, 5) is 0. The van der Waals surface area contributed by atoms with Gasteiger partial charge in [-0.15, -0.1) is 0 Å². The van der Waals surface area contributed by atoms with E-state index in [1.807, 2.05) is 24.4 Å². The van der Waals surface area contributed by atoms with Crippen molar-refractivity contribution in [3.05, 3.63) is 30.5 Å². The number of aromatic nitrogens is 2. The molecule has 1 saturated carbocycles. The van der Waals surface area contributed by atoms with Crippen LogP contribution in [0.2, 0.25) is 0 Å². The zero-order valence-electron chi connectivity index (χ0n) is 10.8. The van der Waals surface area contributed by atoms with Gasteiger partial charge in [0.1, 0.15) is 0 Å². The summed E-state index contributed by atoms with van der Waals surface area (Å²) in [5, 5.41) is 12.9. The molecule has 0 saturated heterocycles. The number of rotatable bonds is 3. The SMILES string of the molecule is CC1CCC(CNc2cnnc3ccccc23)C1. The molecule has 1 aromatic heterocycles. The summed E-state index contributed by atoms with van der Waals surface area (Å²) in [6.07, 6.45) is 5.91. The number of anilines is 1. The van der Waals surface area contributed by atoms with Crippen molar-refractivity contribution in [2.75, 3.05) is 11.9 Å². The molecule has 2 atom stereocenters. The highest BCUT2D eigenvalue weighted by atomic mass is 15.1. The fourth-order valence-electron chi connectivity index (χ4n) is 2.91. The molecule has 2 unspecified atom stereocenters. The maximum atomic E-state index is 4.14. The Balaban J connectivity index is 1.74. The number of hydrogen-bond donors (Lipinski definition) is 1. The van der Waals surface area contributed by atoms with Gasteiger partial charge >= 0.3 is 0 Å². The molecule has 1 aromatic carbocycles. The summed E-state index contributed by atoms with van der Waals surface area (Å²) >= 11 is 0. The smallest absolute Gasteiger partial charge is 0.0950 e. The molecule has 1 aliphatic carbocycles. The molecule has 0 radical (unpaired) electrons. The van der Waals surface area contributed by atoms with E-state index in [9.17, 15) is 0 Å². The summed E-state index contributed by atoms with van der Waals surface area (Å²) in [7, 11) is 0. The third-order valence-electron chi connectivity index (χ3n) is 3.93. The summed E-state index contributed by atoms with van der Waals surface area (Å²) in [5.41, 5.74) is 2.07. The maximum Gasteiger partial charge on any atom is 0.0950 e. The van der Waals surface area contributed by atoms with E-state index >= 15 is 0 Å². The Morgan fingerprint density at radius 3 is 3.00 bits per heavy atom. The molecule has 3 rings (SSSR count). The first kappa shape index (κ1) is 11.5. The van der Waals surface area contributed by atoms with E-state index in [0.717, 1.165) is 29.6 Å². The van der Waals surface area contributed by atoms with Gasteiger partial charge in [-0.1, -0.05) is 31.5 Å². The lowest BCUT2D eigenvalue weighted by Crippen LogP contribution is -2.12. The van der Waals surface area contributed by atoms with Crippen LogP contribution in [-0.2, 0) is 0 Å². The predicted octanol–water partition coefficient (Wildman–Crippen LogP) is 3.48. The minimum atomic E-state index is 0.812. The van der Waals surface area contributed by atoms with E-state index in [1.165, 1.54) is 24.6 Å². The number of fused-ring (bicyclic) bond motifs is 1. The van der Waals surface area contributed by atoms with Crippen molar-refractivity contribution in [3.8, 4) is 0 Å². The van der Waals surface area contributed by atoms with Gasteiger partial charge in [0.25, 0.3) is 0 Å². The van der Waals surface area contributed by atoms with Gasteiger partial charge in [0, 0.05) is 11.9 Å². The van der Waals surface area contributed by atoms with E-state index < -0.39 is 0 Å². The van der Waals surface area contributed by atoms with Crippen molar-refractivity contribution in [3.63, 3.8) is 0 Å². The van der Waals surface area contributed by atoms with Crippen molar-refractivity contribution in [1.29, 1.82) is 0 Å². The van der Waals surface area contributed by atoms with Crippen LogP contribution in [-0.4, -0.2) is 16.7 Å². The van der Waals surface area contributed by atoms with Crippen LogP contribution < -0.4 is 5.32 Å². The summed E-state index contributed by atoms with van der Waals surface area (Å²) < 4.78 is 0. The summed E-state index contributed by atoms with van der Waals surface area (Å²) in [6.45, 7) is 3.41. The van der Waals surface area contributed by atoms with Crippen molar-refractivity contribution in [2.24, 2.45) is 11.8 Å². The predicted molar refractivity (Wildman–Crippen MR) is 74.5 cm³/mol. The fraction of sp³-hybridized carbons (Fsp3) is 0.467. The first-order valence-corrected chi connectivity index (χ1v) is 6.77. The van der Waals surface area contributed by atoms with Crippen LogP contribution in [0.3, 0.4) is 0 Å². The van der Waals surface area contributed by atoms with Crippen molar-refractivity contribution >= 4 is 16.6 Å². The zero-order valence-corrected chi connectivity index (χ0v) is 10.8. The van der Waals surface area contributed by atoms with E-state index in [2.05, 4.69) is 28.5 Å². The highest BCUT2D eigenvalue weighted by Gasteiger charge is 2.20. The third kappa shape index (κ3) is 2.30. The lowest BCUT2D eigenvalue weighted by atomic mass is 10.1. The van der Waals surface area contributed by atoms with Crippen LogP contribution in [0, 0.1) is 11.8 Å². The van der Waals surface area contributed by atoms with Crippen LogP contribution >= 0.6 is 0 Å². The summed E-state index contributed by atoms with van der Waals surface area (Å²) in [5.74, 6) is 1.70. The average Bonchev–Trinajstić information content (AvgIpc) is 2.82. The van der Waals surface area contributed by atoms with Crippen LogP contribution in [0.25, 0.3) is 10.9 Å². The number of nitrogens with zero attached hydrogens (tertiary/aromatic N) is 2. The molecule has 0 spiro atoms. The molecule has 1 N–H and O–H groups in total. The highest BCUT2D eigenvalue weighted by molar-refractivity contribution is 5.90. The summed E-state index contributed by atoms with van der Waals surface area (Å²) in [6, 6.07) is 8.15. The van der Waals surface area contributed by atoms with Crippen molar-refractivity contribution in [2.45, 2.75) is 26.2 Å². The topological polar surface area (TPSA) is 37.8 Å². The van der Waals surface area contributed by atoms with Gasteiger partial charge in [0.05, 0.1) is 17.4 Å². The van der Waals surface area contributed by atoms with E-state index in [1.54, 1.807) is 0 Å². The van der Waals surface area contributed by atoms with Gasteiger partial charge in [-0.3, -0.25) is 0 Å². The molecule has 0 bridgehead atoms. The minimum Gasteiger partial charge on any atom is -0.383 e. The highest BCUT2D eigenvalue weighted by Crippen LogP contribution is 2.30.